The Kier molecular flexibility index (Phi) is 6.92. The van der Waals surface area contributed by atoms with Crippen LogP contribution in [0.1, 0.15) is 35.0 Å². The molecule has 2 heterocycles. The van der Waals surface area contributed by atoms with Crippen molar-refractivity contribution < 1.29 is 27.9 Å². The predicted molar refractivity (Wildman–Crippen MR) is 118 cm³/mol. The van der Waals surface area contributed by atoms with Crippen LogP contribution in [0.25, 0.3) is 0 Å². The molecular weight excluding hydrogens is 427 g/mol. The van der Waals surface area contributed by atoms with Crippen molar-refractivity contribution in [2.45, 2.75) is 26.4 Å². The maximum absolute atomic E-state index is 13.6. The number of carbonyl (C=O) groups excluding carboxylic acids is 2. The number of furan rings is 1. The van der Waals surface area contributed by atoms with Crippen molar-refractivity contribution >= 4 is 11.8 Å². The number of benzene rings is 2. The summed E-state index contributed by atoms with van der Waals surface area (Å²) >= 11 is 0. The number of ether oxygens (including phenoxy) is 2. The molecule has 0 spiro atoms. The molecular formula is C25H25FN2O5. The molecule has 0 saturated heterocycles. The van der Waals surface area contributed by atoms with Crippen LogP contribution in [0, 0.1) is 5.82 Å². The molecule has 0 radical (unpaired) electrons. The van der Waals surface area contributed by atoms with Gasteiger partial charge in [0.15, 0.2) is 11.5 Å². The molecule has 7 nitrogen and oxygen atoms in total. The molecule has 0 atom stereocenters. The molecule has 2 amide bonds. The summed E-state index contributed by atoms with van der Waals surface area (Å²) in [5.74, 6) is 0.797. The summed E-state index contributed by atoms with van der Waals surface area (Å²) < 4.78 is 29.9. The van der Waals surface area contributed by atoms with E-state index >= 15 is 0 Å². The highest BCUT2D eigenvalue weighted by Crippen LogP contribution is 2.33. The van der Waals surface area contributed by atoms with Gasteiger partial charge in [-0.2, -0.15) is 0 Å². The SMILES string of the molecule is CCCN(CC(=O)N(Cc1ccc2c(c1)OCO2)Cc1ccco1)C(=O)c1cccc(F)c1. The Hall–Kier alpha value is -3.81. The lowest BCUT2D eigenvalue weighted by Gasteiger charge is -2.27. The van der Waals surface area contributed by atoms with Crippen LogP contribution in [0.5, 0.6) is 11.5 Å². The third-order valence-corrected chi connectivity index (χ3v) is 5.27. The van der Waals surface area contributed by atoms with Crippen LogP contribution in [0.2, 0.25) is 0 Å². The molecule has 172 valence electrons. The van der Waals surface area contributed by atoms with E-state index in [1.54, 1.807) is 29.4 Å². The van der Waals surface area contributed by atoms with Gasteiger partial charge in [0.1, 0.15) is 18.1 Å². The van der Waals surface area contributed by atoms with Crippen molar-refractivity contribution in [3.8, 4) is 11.5 Å². The molecule has 1 aliphatic rings. The van der Waals surface area contributed by atoms with E-state index in [9.17, 15) is 14.0 Å². The number of halogens is 1. The van der Waals surface area contributed by atoms with Crippen LogP contribution < -0.4 is 9.47 Å². The zero-order valence-corrected chi connectivity index (χ0v) is 18.3. The summed E-state index contributed by atoms with van der Waals surface area (Å²) in [5, 5.41) is 0. The fourth-order valence-corrected chi connectivity index (χ4v) is 3.67. The topological polar surface area (TPSA) is 72.2 Å². The molecule has 1 aliphatic heterocycles. The van der Waals surface area contributed by atoms with Gasteiger partial charge in [-0.25, -0.2) is 4.39 Å². The van der Waals surface area contributed by atoms with Crippen LogP contribution in [0.4, 0.5) is 4.39 Å². The van der Waals surface area contributed by atoms with Gasteiger partial charge in [0.25, 0.3) is 5.91 Å². The zero-order valence-electron chi connectivity index (χ0n) is 18.3. The maximum atomic E-state index is 13.6. The van der Waals surface area contributed by atoms with Gasteiger partial charge in [-0.15, -0.1) is 0 Å². The van der Waals surface area contributed by atoms with Gasteiger partial charge in [0.2, 0.25) is 12.7 Å². The van der Waals surface area contributed by atoms with Gasteiger partial charge in [0, 0.05) is 18.7 Å². The molecule has 0 aliphatic carbocycles. The maximum Gasteiger partial charge on any atom is 0.254 e. The van der Waals surface area contributed by atoms with Gasteiger partial charge in [-0.05, 0) is 54.4 Å². The largest absolute Gasteiger partial charge is 0.467 e. The summed E-state index contributed by atoms with van der Waals surface area (Å²) in [5.41, 5.74) is 1.07. The molecule has 3 aromatic rings. The standard InChI is InChI=1S/C25H25FN2O5/c1-2-10-27(25(30)19-5-3-6-20(26)13-19)16-24(29)28(15-21-7-4-11-31-21)14-18-8-9-22-23(12-18)33-17-32-22/h3-9,11-13H,2,10,14-17H2,1H3. The number of amides is 2. The second kappa shape index (κ2) is 10.2. The lowest BCUT2D eigenvalue weighted by molar-refractivity contribution is -0.133. The van der Waals surface area contributed by atoms with Crippen molar-refractivity contribution in [1.82, 2.24) is 9.80 Å². The quantitative estimate of drug-likeness (QED) is 0.486. The highest BCUT2D eigenvalue weighted by Gasteiger charge is 2.24. The molecule has 4 rings (SSSR count). The lowest BCUT2D eigenvalue weighted by Crippen LogP contribution is -2.42. The van der Waals surface area contributed by atoms with Crippen LogP contribution >= 0.6 is 0 Å². The number of carbonyl (C=O) groups is 2. The molecule has 2 aromatic carbocycles. The Balaban J connectivity index is 1.53. The summed E-state index contributed by atoms with van der Waals surface area (Å²) in [4.78, 5) is 29.4. The van der Waals surface area contributed by atoms with Crippen molar-refractivity contribution in [3.63, 3.8) is 0 Å². The molecule has 0 fully saturated rings. The minimum atomic E-state index is -0.495. The highest BCUT2D eigenvalue weighted by molar-refractivity contribution is 5.96. The van der Waals surface area contributed by atoms with Gasteiger partial charge < -0.3 is 23.7 Å². The first-order valence-corrected chi connectivity index (χ1v) is 10.8. The van der Waals surface area contributed by atoms with Crippen molar-refractivity contribution in [2.24, 2.45) is 0 Å². The minimum absolute atomic E-state index is 0.131. The first kappa shape index (κ1) is 22.4. The molecule has 8 heteroatoms. The van der Waals surface area contributed by atoms with E-state index in [1.807, 2.05) is 25.1 Å². The number of fused-ring (bicyclic) bond motifs is 1. The fraction of sp³-hybridized carbons (Fsp3) is 0.280. The van der Waals surface area contributed by atoms with Gasteiger partial charge in [-0.3, -0.25) is 9.59 Å². The van der Waals surface area contributed by atoms with E-state index in [0.717, 1.165) is 5.56 Å². The molecule has 0 saturated carbocycles. The molecule has 1 aromatic heterocycles. The number of rotatable bonds is 9. The number of nitrogens with zero attached hydrogens (tertiary/aromatic N) is 2. The third-order valence-electron chi connectivity index (χ3n) is 5.27. The van der Waals surface area contributed by atoms with Crippen LogP contribution in [0.3, 0.4) is 0 Å². The van der Waals surface area contributed by atoms with E-state index in [0.29, 0.717) is 36.8 Å². The van der Waals surface area contributed by atoms with Gasteiger partial charge in [-0.1, -0.05) is 19.1 Å². The Labute approximate surface area is 191 Å². The van der Waals surface area contributed by atoms with Crippen LogP contribution in [-0.4, -0.2) is 41.5 Å². The van der Waals surface area contributed by atoms with E-state index < -0.39 is 5.82 Å². The summed E-state index contributed by atoms with van der Waals surface area (Å²) in [7, 11) is 0. The third kappa shape index (κ3) is 5.52. The molecule has 0 unspecified atom stereocenters. The molecule has 0 bridgehead atoms. The monoisotopic (exact) mass is 452 g/mol. The highest BCUT2D eigenvalue weighted by atomic mass is 19.1. The van der Waals surface area contributed by atoms with Crippen LogP contribution in [-0.2, 0) is 17.9 Å². The summed E-state index contributed by atoms with van der Waals surface area (Å²) in [6.07, 6.45) is 2.21. The number of hydrogen-bond acceptors (Lipinski definition) is 5. The first-order valence-electron chi connectivity index (χ1n) is 10.8. The van der Waals surface area contributed by atoms with Crippen LogP contribution in [0.15, 0.2) is 65.3 Å². The van der Waals surface area contributed by atoms with Crippen molar-refractivity contribution in [3.05, 3.63) is 83.6 Å². The normalized spacial score (nSPS) is 11.9. The van der Waals surface area contributed by atoms with E-state index in [1.165, 1.54) is 23.1 Å². The Bertz CT molecular complexity index is 1120. The minimum Gasteiger partial charge on any atom is -0.467 e. The fourth-order valence-electron chi connectivity index (χ4n) is 3.67. The zero-order chi connectivity index (χ0) is 23.2. The average Bonchev–Trinajstić information content (AvgIpc) is 3.49. The molecule has 33 heavy (non-hydrogen) atoms. The van der Waals surface area contributed by atoms with Crippen molar-refractivity contribution in [2.75, 3.05) is 19.9 Å². The Morgan fingerprint density at radius 1 is 0.970 bits per heavy atom. The number of hydrogen-bond donors (Lipinski definition) is 0. The Morgan fingerprint density at radius 3 is 2.58 bits per heavy atom. The second-order valence-electron chi connectivity index (χ2n) is 7.75. The van der Waals surface area contributed by atoms with E-state index in [-0.39, 0.29) is 37.3 Å². The first-order chi connectivity index (χ1) is 16.0. The second-order valence-corrected chi connectivity index (χ2v) is 7.75. The van der Waals surface area contributed by atoms with Crippen molar-refractivity contribution in [1.29, 1.82) is 0 Å². The summed E-state index contributed by atoms with van der Waals surface area (Å²) in [6.45, 7) is 2.87. The van der Waals surface area contributed by atoms with Gasteiger partial charge >= 0.3 is 0 Å². The van der Waals surface area contributed by atoms with Gasteiger partial charge in [0.05, 0.1) is 12.8 Å². The van der Waals surface area contributed by atoms with E-state index in [2.05, 4.69) is 0 Å². The predicted octanol–water partition coefficient (Wildman–Crippen LogP) is 4.23. The Morgan fingerprint density at radius 2 is 1.82 bits per heavy atom. The lowest BCUT2D eigenvalue weighted by atomic mass is 10.1. The molecule has 0 N–H and O–H groups in total. The smallest absolute Gasteiger partial charge is 0.254 e. The average molecular weight is 452 g/mol. The summed E-state index contributed by atoms with van der Waals surface area (Å²) in [6, 6.07) is 14.6. The van der Waals surface area contributed by atoms with E-state index in [4.69, 9.17) is 13.9 Å².